The van der Waals surface area contributed by atoms with Crippen molar-refractivity contribution in [3.63, 3.8) is 0 Å². The Morgan fingerprint density at radius 2 is 2.00 bits per heavy atom. The first-order chi connectivity index (χ1) is 9.11. The van der Waals surface area contributed by atoms with Gasteiger partial charge in [0, 0.05) is 9.77 Å². The number of nitro groups is 1. The molecule has 2 rings (SSSR count). The van der Waals surface area contributed by atoms with E-state index in [2.05, 4.69) is 27.6 Å². The fourth-order valence-electron chi connectivity index (χ4n) is 1.39. The minimum Gasteiger partial charge on any atom is -0.434 e. The summed E-state index contributed by atoms with van der Waals surface area (Å²) in [5, 5.41) is 19.8. The van der Waals surface area contributed by atoms with Crippen LogP contribution in [0.15, 0.2) is 36.5 Å². The van der Waals surface area contributed by atoms with Crippen LogP contribution in [0.1, 0.15) is 5.56 Å². The lowest BCUT2D eigenvalue weighted by Crippen LogP contribution is -1.98. The minimum absolute atomic E-state index is 0.0829. The van der Waals surface area contributed by atoms with Gasteiger partial charge < -0.3 is 4.74 Å². The normalized spacial score (nSPS) is 9.68. The van der Waals surface area contributed by atoms with E-state index in [-0.39, 0.29) is 11.4 Å². The number of halogens is 1. The molecule has 0 N–H and O–H groups in total. The molecule has 1 aromatic heterocycles. The SMILES string of the molecule is N#Cc1ccnc(Oc2ccc(I)cc2)c1[N+](=O)[O-]. The molecule has 94 valence electrons. The van der Waals surface area contributed by atoms with E-state index in [1.165, 1.54) is 12.3 Å². The third kappa shape index (κ3) is 2.97. The Kier molecular flexibility index (Phi) is 3.91. The molecular weight excluding hydrogens is 361 g/mol. The molecule has 6 nitrogen and oxygen atoms in total. The molecule has 0 saturated heterocycles. The molecule has 0 aliphatic heterocycles. The average molecular weight is 367 g/mol. The summed E-state index contributed by atoms with van der Waals surface area (Å²) in [4.78, 5) is 14.1. The maximum absolute atomic E-state index is 11.0. The smallest absolute Gasteiger partial charge is 0.348 e. The molecule has 7 heteroatoms. The molecule has 0 bridgehead atoms. The standard InChI is InChI=1S/C12H6IN3O3/c13-9-1-3-10(4-2-9)19-12-11(16(17)18)8(7-14)5-6-15-12/h1-6H. The minimum atomic E-state index is -0.673. The zero-order chi connectivity index (χ0) is 13.8. The lowest BCUT2D eigenvalue weighted by Gasteiger charge is -2.05. The van der Waals surface area contributed by atoms with Crippen LogP contribution in [0.5, 0.6) is 11.6 Å². The molecule has 0 radical (unpaired) electrons. The fourth-order valence-corrected chi connectivity index (χ4v) is 1.75. The van der Waals surface area contributed by atoms with Gasteiger partial charge in [-0.3, -0.25) is 10.1 Å². The number of pyridine rings is 1. The number of ether oxygens (including phenoxy) is 1. The summed E-state index contributed by atoms with van der Waals surface area (Å²) in [6.07, 6.45) is 1.30. The van der Waals surface area contributed by atoms with Crippen LogP contribution in [0.25, 0.3) is 0 Å². The highest BCUT2D eigenvalue weighted by Crippen LogP contribution is 2.31. The predicted octanol–water partition coefficient (Wildman–Crippen LogP) is 3.26. The van der Waals surface area contributed by atoms with Gasteiger partial charge in [-0.25, -0.2) is 4.98 Å². The van der Waals surface area contributed by atoms with Crippen LogP contribution in [0.2, 0.25) is 0 Å². The van der Waals surface area contributed by atoms with Crippen LogP contribution in [0, 0.1) is 25.0 Å². The van der Waals surface area contributed by atoms with E-state index in [9.17, 15) is 10.1 Å². The monoisotopic (exact) mass is 367 g/mol. The number of aromatic nitrogens is 1. The third-order valence-electron chi connectivity index (χ3n) is 2.22. The Labute approximate surface area is 121 Å². The molecule has 0 aliphatic rings. The predicted molar refractivity (Wildman–Crippen MR) is 74.8 cm³/mol. The largest absolute Gasteiger partial charge is 0.434 e. The highest BCUT2D eigenvalue weighted by molar-refractivity contribution is 14.1. The van der Waals surface area contributed by atoms with Crippen molar-refractivity contribution in [3.8, 4) is 17.7 Å². The number of rotatable bonds is 3. The van der Waals surface area contributed by atoms with E-state index in [0.717, 1.165) is 3.57 Å². The van der Waals surface area contributed by atoms with Crippen LogP contribution >= 0.6 is 22.6 Å². The van der Waals surface area contributed by atoms with E-state index >= 15 is 0 Å². The molecule has 19 heavy (non-hydrogen) atoms. The Morgan fingerprint density at radius 3 is 2.58 bits per heavy atom. The number of benzene rings is 1. The molecule has 0 spiro atoms. The summed E-state index contributed by atoms with van der Waals surface area (Å²) in [6.45, 7) is 0. The second kappa shape index (κ2) is 5.62. The van der Waals surface area contributed by atoms with Crippen molar-refractivity contribution in [3.05, 3.63) is 55.8 Å². The van der Waals surface area contributed by atoms with Crippen molar-refractivity contribution in [2.75, 3.05) is 0 Å². The van der Waals surface area contributed by atoms with E-state index in [1.807, 2.05) is 0 Å². The topological polar surface area (TPSA) is 89.0 Å². The molecule has 0 fully saturated rings. The van der Waals surface area contributed by atoms with Gasteiger partial charge >= 0.3 is 11.6 Å². The van der Waals surface area contributed by atoms with Crippen molar-refractivity contribution >= 4 is 28.3 Å². The number of nitriles is 1. The molecule has 0 unspecified atom stereocenters. The number of hydrogen-bond donors (Lipinski definition) is 0. The van der Waals surface area contributed by atoms with Gasteiger partial charge in [0.2, 0.25) is 0 Å². The fraction of sp³-hybridized carbons (Fsp3) is 0. The average Bonchev–Trinajstić information content (AvgIpc) is 2.40. The summed E-state index contributed by atoms with van der Waals surface area (Å²) in [5.74, 6) is 0.233. The lowest BCUT2D eigenvalue weighted by molar-refractivity contribution is -0.386. The van der Waals surface area contributed by atoms with Crippen molar-refractivity contribution < 1.29 is 9.66 Å². The highest BCUT2D eigenvalue weighted by Gasteiger charge is 2.23. The van der Waals surface area contributed by atoms with E-state index < -0.39 is 10.6 Å². The summed E-state index contributed by atoms with van der Waals surface area (Å²) in [5.41, 5.74) is -0.510. The van der Waals surface area contributed by atoms with E-state index in [4.69, 9.17) is 10.00 Å². The van der Waals surface area contributed by atoms with Crippen LogP contribution in [-0.4, -0.2) is 9.91 Å². The summed E-state index contributed by atoms with van der Waals surface area (Å²) < 4.78 is 6.37. The van der Waals surface area contributed by atoms with Gasteiger partial charge in [0.25, 0.3) is 0 Å². The van der Waals surface area contributed by atoms with E-state index in [0.29, 0.717) is 5.75 Å². The van der Waals surface area contributed by atoms with Gasteiger partial charge in [-0.1, -0.05) is 0 Å². The van der Waals surface area contributed by atoms with Crippen LogP contribution in [0.3, 0.4) is 0 Å². The van der Waals surface area contributed by atoms with Gasteiger partial charge in [-0.05, 0) is 52.9 Å². The van der Waals surface area contributed by atoms with Gasteiger partial charge in [0.15, 0.2) is 0 Å². The Hall–Kier alpha value is -2.21. The quantitative estimate of drug-likeness (QED) is 0.472. The molecule has 0 saturated carbocycles. The zero-order valence-corrected chi connectivity index (χ0v) is 11.6. The molecule has 2 aromatic rings. The van der Waals surface area contributed by atoms with Crippen molar-refractivity contribution in [1.82, 2.24) is 4.98 Å². The van der Waals surface area contributed by atoms with Gasteiger partial charge in [-0.15, -0.1) is 0 Å². The van der Waals surface area contributed by atoms with Crippen LogP contribution < -0.4 is 4.74 Å². The summed E-state index contributed by atoms with van der Waals surface area (Å²) in [6, 6.07) is 9.97. The van der Waals surface area contributed by atoms with Crippen molar-refractivity contribution in [2.24, 2.45) is 0 Å². The summed E-state index contributed by atoms with van der Waals surface area (Å²) >= 11 is 2.13. The van der Waals surface area contributed by atoms with Crippen molar-refractivity contribution in [1.29, 1.82) is 5.26 Å². The van der Waals surface area contributed by atoms with Gasteiger partial charge in [0.05, 0.1) is 4.92 Å². The maximum Gasteiger partial charge on any atom is 0.348 e. The lowest BCUT2D eigenvalue weighted by atomic mass is 10.2. The second-order valence-corrected chi connectivity index (χ2v) is 4.68. The van der Waals surface area contributed by atoms with Gasteiger partial charge in [-0.2, -0.15) is 5.26 Å². The molecule has 0 atom stereocenters. The van der Waals surface area contributed by atoms with Crippen LogP contribution in [-0.2, 0) is 0 Å². The highest BCUT2D eigenvalue weighted by atomic mass is 127. The third-order valence-corrected chi connectivity index (χ3v) is 2.94. The molecule has 1 aromatic carbocycles. The summed E-state index contributed by atoms with van der Waals surface area (Å²) in [7, 11) is 0. The first-order valence-corrected chi connectivity index (χ1v) is 6.16. The second-order valence-electron chi connectivity index (χ2n) is 3.44. The maximum atomic E-state index is 11.0. The first kappa shape index (κ1) is 13.2. The Bertz CT molecular complexity index is 665. The zero-order valence-electron chi connectivity index (χ0n) is 9.41. The van der Waals surface area contributed by atoms with Gasteiger partial charge in [0.1, 0.15) is 17.4 Å². The molecule has 1 heterocycles. The molecular formula is C12H6IN3O3. The van der Waals surface area contributed by atoms with Crippen LogP contribution in [0.4, 0.5) is 5.69 Å². The molecule has 0 amide bonds. The first-order valence-electron chi connectivity index (χ1n) is 5.08. The number of nitrogens with zero attached hydrogens (tertiary/aromatic N) is 3. The Morgan fingerprint density at radius 1 is 1.32 bits per heavy atom. The number of hydrogen-bond acceptors (Lipinski definition) is 5. The van der Waals surface area contributed by atoms with Crippen molar-refractivity contribution in [2.45, 2.75) is 0 Å². The Balaban J connectivity index is 2.43. The van der Waals surface area contributed by atoms with E-state index in [1.54, 1.807) is 30.3 Å². The molecule has 0 aliphatic carbocycles.